The van der Waals surface area contributed by atoms with Crippen LogP contribution in [0.4, 0.5) is 8.78 Å². The Morgan fingerprint density at radius 2 is 1.80 bits per heavy atom. The van der Waals surface area contributed by atoms with Crippen molar-refractivity contribution in [3.63, 3.8) is 0 Å². The molecule has 0 radical (unpaired) electrons. The molecule has 44 heavy (non-hydrogen) atoms. The highest BCUT2D eigenvalue weighted by molar-refractivity contribution is 5.99. The first-order valence-corrected chi connectivity index (χ1v) is 13.9. The number of fused-ring (bicyclic) bond motifs is 2. The first-order chi connectivity index (χ1) is 21.2. The van der Waals surface area contributed by atoms with E-state index in [0.717, 1.165) is 34.4 Å². The number of carbonyl (C=O) groups is 3. The summed E-state index contributed by atoms with van der Waals surface area (Å²) in [7, 11) is 1.34. The molecule has 9 nitrogen and oxygen atoms in total. The van der Waals surface area contributed by atoms with Crippen LogP contribution in [0.5, 0.6) is 0 Å². The second-order valence-electron chi connectivity index (χ2n) is 10.5. The van der Waals surface area contributed by atoms with E-state index in [-0.39, 0.29) is 24.0 Å². The maximum absolute atomic E-state index is 13.8. The molecular formula is C33H27F2N5O4. The predicted molar refractivity (Wildman–Crippen MR) is 157 cm³/mol. The van der Waals surface area contributed by atoms with Gasteiger partial charge in [0, 0.05) is 18.2 Å². The van der Waals surface area contributed by atoms with Gasteiger partial charge in [-0.05, 0) is 65.8 Å². The van der Waals surface area contributed by atoms with Crippen molar-refractivity contribution in [2.45, 2.75) is 32.4 Å². The van der Waals surface area contributed by atoms with Gasteiger partial charge in [-0.3, -0.25) is 9.59 Å². The van der Waals surface area contributed by atoms with Crippen LogP contribution >= 0.6 is 0 Å². The minimum absolute atomic E-state index is 0.0479. The van der Waals surface area contributed by atoms with Gasteiger partial charge in [0.05, 0.1) is 24.9 Å². The fourth-order valence-electron chi connectivity index (χ4n) is 5.58. The molecule has 2 aromatic heterocycles. The highest BCUT2D eigenvalue weighted by atomic mass is 19.2. The maximum atomic E-state index is 13.8. The van der Waals surface area contributed by atoms with E-state index in [0.29, 0.717) is 35.2 Å². The Hall–Kier alpha value is -5.45. The maximum Gasteiger partial charge on any atom is 0.338 e. The Bertz CT molecular complexity index is 1940. The van der Waals surface area contributed by atoms with Crippen LogP contribution in [0.1, 0.15) is 66.1 Å². The van der Waals surface area contributed by atoms with Crippen LogP contribution in [0.3, 0.4) is 0 Å². The summed E-state index contributed by atoms with van der Waals surface area (Å²) in [6, 6.07) is 17.2. The molecule has 0 saturated carbocycles. The molecule has 5 aromatic rings. The van der Waals surface area contributed by atoms with Crippen LogP contribution in [0.15, 0.2) is 72.9 Å². The van der Waals surface area contributed by atoms with Crippen LogP contribution < -0.4 is 10.6 Å². The van der Waals surface area contributed by atoms with Crippen molar-refractivity contribution in [3.05, 3.63) is 124 Å². The number of hydrogen-bond acceptors (Lipinski definition) is 6. The van der Waals surface area contributed by atoms with Gasteiger partial charge in [0.1, 0.15) is 11.4 Å². The van der Waals surface area contributed by atoms with Gasteiger partial charge in [0.15, 0.2) is 17.3 Å². The number of hydrogen-bond donors (Lipinski definition) is 2. The first kappa shape index (κ1) is 28.7. The van der Waals surface area contributed by atoms with Gasteiger partial charge in [-0.1, -0.05) is 42.5 Å². The zero-order valence-electron chi connectivity index (χ0n) is 23.9. The lowest BCUT2D eigenvalue weighted by Crippen LogP contribution is -2.30. The van der Waals surface area contributed by atoms with Gasteiger partial charge in [-0.25, -0.2) is 23.1 Å². The second kappa shape index (κ2) is 11.7. The molecule has 0 spiro atoms. The second-order valence-corrected chi connectivity index (χ2v) is 10.5. The number of halogens is 2. The molecule has 2 heterocycles. The molecular weight excluding hydrogens is 568 g/mol. The third kappa shape index (κ3) is 5.28. The largest absolute Gasteiger partial charge is 0.465 e. The first-order valence-electron chi connectivity index (χ1n) is 13.9. The summed E-state index contributed by atoms with van der Waals surface area (Å²) in [5, 5.41) is 10.2. The molecule has 1 atom stereocenters. The zero-order valence-corrected chi connectivity index (χ0v) is 23.9. The molecule has 0 aliphatic heterocycles. The SMILES string of the molecule is COC(=O)c1ccc2c(c1C)CC[C@@H]2NC(=O)c1cc(C(=O)NCc2ccc(F)c(F)c2)nc2c(-c3ccccc3)cnn12. The number of aromatic nitrogens is 3. The van der Waals surface area contributed by atoms with Crippen LogP contribution in [0.2, 0.25) is 0 Å². The van der Waals surface area contributed by atoms with Crippen LogP contribution in [0, 0.1) is 18.6 Å². The Balaban J connectivity index is 1.34. The van der Waals surface area contributed by atoms with Gasteiger partial charge in [-0.15, -0.1) is 0 Å². The van der Waals surface area contributed by atoms with E-state index < -0.39 is 29.4 Å². The highest BCUT2D eigenvalue weighted by Gasteiger charge is 2.29. The number of nitrogens with zero attached hydrogens (tertiary/aromatic N) is 3. The number of ether oxygens (including phenoxy) is 1. The molecule has 0 saturated heterocycles. The molecule has 0 fully saturated rings. The average Bonchev–Trinajstić information content (AvgIpc) is 3.66. The Morgan fingerprint density at radius 3 is 2.55 bits per heavy atom. The number of esters is 1. The molecule has 6 rings (SSSR count). The number of rotatable bonds is 7. The van der Waals surface area contributed by atoms with Gasteiger partial charge in [0.25, 0.3) is 11.8 Å². The normalized spacial score (nSPS) is 13.9. The molecule has 2 amide bonds. The standard InChI is InChI=1S/C33H27F2N5O4/c1-18-21-11-13-27(23(21)10-9-22(18)33(43)44-2)39-32(42)29-15-28(31(41)36-16-19-8-12-25(34)26(35)14-19)38-30-24(17-37-40(29)30)20-6-4-3-5-7-20/h3-10,12,14-15,17,27H,11,13,16H2,1-2H3,(H,36,41)(H,39,42)/t27-/m0/s1. The monoisotopic (exact) mass is 595 g/mol. The van der Waals surface area contributed by atoms with Crippen LogP contribution in [-0.2, 0) is 17.7 Å². The number of methoxy groups -OCH3 is 1. The van der Waals surface area contributed by atoms with Gasteiger partial charge in [-0.2, -0.15) is 5.10 Å². The van der Waals surface area contributed by atoms with Crippen molar-refractivity contribution in [3.8, 4) is 11.1 Å². The van der Waals surface area contributed by atoms with Crippen LogP contribution in [-0.4, -0.2) is 39.5 Å². The lowest BCUT2D eigenvalue weighted by atomic mass is 9.98. The summed E-state index contributed by atoms with van der Waals surface area (Å²) in [6.07, 6.45) is 2.87. The fourth-order valence-corrected chi connectivity index (χ4v) is 5.58. The number of benzene rings is 3. The predicted octanol–water partition coefficient (Wildman–Crippen LogP) is 5.12. The van der Waals surface area contributed by atoms with E-state index in [1.54, 1.807) is 12.3 Å². The van der Waals surface area contributed by atoms with Crippen molar-refractivity contribution in [2.75, 3.05) is 7.11 Å². The topological polar surface area (TPSA) is 115 Å². The van der Waals surface area contributed by atoms with E-state index >= 15 is 0 Å². The lowest BCUT2D eigenvalue weighted by molar-refractivity contribution is 0.0599. The molecule has 3 aromatic carbocycles. The van der Waals surface area contributed by atoms with E-state index in [2.05, 4.69) is 20.7 Å². The van der Waals surface area contributed by atoms with Gasteiger partial charge in [0.2, 0.25) is 0 Å². The van der Waals surface area contributed by atoms with Crippen molar-refractivity contribution < 1.29 is 27.9 Å². The van der Waals surface area contributed by atoms with Crippen molar-refractivity contribution in [1.29, 1.82) is 0 Å². The Kier molecular flexibility index (Phi) is 7.60. The van der Waals surface area contributed by atoms with Crippen LogP contribution in [0.25, 0.3) is 16.8 Å². The lowest BCUT2D eigenvalue weighted by Gasteiger charge is -2.16. The third-order valence-corrected chi connectivity index (χ3v) is 7.86. The van der Waals surface area contributed by atoms with Crippen molar-refractivity contribution in [2.24, 2.45) is 0 Å². The Morgan fingerprint density at radius 1 is 1.00 bits per heavy atom. The van der Waals surface area contributed by atoms with E-state index in [9.17, 15) is 23.2 Å². The number of amides is 2. The molecule has 0 bridgehead atoms. The van der Waals surface area contributed by atoms with E-state index in [1.165, 1.54) is 23.8 Å². The van der Waals surface area contributed by atoms with Crippen molar-refractivity contribution in [1.82, 2.24) is 25.2 Å². The number of carbonyl (C=O) groups excluding carboxylic acids is 3. The van der Waals surface area contributed by atoms with E-state index in [1.807, 2.05) is 43.3 Å². The highest BCUT2D eigenvalue weighted by Crippen LogP contribution is 2.35. The quantitative estimate of drug-likeness (QED) is 0.253. The third-order valence-electron chi connectivity index (χ3n) is 7.86. The summed E-state index contributed by atoms with van der Waals surface area (Å²) in [5.74, 6) is -3.50. The summed E-state index contributed by atoms with van der Waals surface area (Å²) in [4.78, 5) is 43.8. The van der Waals surface area contributed by atoms with E-state index in [4.69, 9.17) is 4.74 Å². The van der Waals surface area contributed by atoms with Gasteiger partial charge >= 0.3 is 5.97 Å². The summed E-state index contributed by atoms with van der Waals surface area (Å²) in [6.45, 7) is 1.78. The molecule has 1 aliphatic rings. The fraction of sp³-hybridized carbons (Fsp3) is 0.182. The molecule has 1 aliphatic carbocycles. The van der Waals surface area contributed by atoms with Gasteiger partial charge < -0.3 is 15.4 Å². The molecule has 0 unspecified atom stereocenters. The molecule has 11 heteroatoms. The summed E-state index contributed by atoms with van der Waals surface area (Å²) in [5.41, 5.74) is 5.30. The minimum Gasteiger partial charge on any atom is -0.465 e. The smallest absolute Gasteiger partial charge is 0.338 e. The summed E-state index contributed by atoms with van der Waals surface area (Å²) >= 11 is 0. The molecule has 2 N–H and O–H groups in total. The summed E-state index contributed by atoms with van der Waals surface area (Å²) < 4.78 is 33.3. The average molecular weight is 596 g/mol. The number of nitrogens with one attached hydrogen (secondary N) is 2. The minimum atomic E-state index is -1.02. The van der Waals surface area contributed by atoms with Crippen molar-refractivity contribution >= 4 is 23.4 Å². The Labute approximate surface area is 250 Å². The zero-order chi connectivity index (χ0) is 31.0. The molecule has 222 valence electrons.